The lowest BCUT2D eigenvalue weighted by atomic mass is 10.2. The van der Waals surface area contributed by atoms with Crippen molar-refractivity contribution in [2.45, 2.75) is 24.7 Å². The number of carbonyl (C=O) groups is 3. The number of ether oxygens (including phenoxy) is 1. The summed E-state index contributed by atoms with van der Waals surface area (Å²) in [6, 6.07) is 14.6. The second kappa shape index (κ2) is 10.9. The van der Waals surface area contributed by atoms with E-state index in [1.165, 1.54) is 41.6 Å². The van der Waals surface area contributed by atoms with Gasteiger partial charge >= 0.3 is 5.97 Å². The molecule has 10 heteroatoms. The molecule has 1 aliphatic heterocycles. The number of carbonyl (C=O) groups excluding carboxylic acids is 3. The second-order valence-electron chi connectivity index (χ2n) is 7.41. The van der Waals surface area contributed by atoms with Crippen LogP contribution in [0, 0.1) is 0 Å². The van der Waals surface area contributed by atoms with Gasteiger partial charge < -0.3 is 15.4 Å². The maximum absolute atomic E-state index is 12.6. The van der Waals surface area contributed by atoms with Gasteiger partial charge in [-0.25, -0.2) is 13.2 Å². The van der Waals surface area contributed by atoms with Crippen LogP contribution in [0.5, 0.6) is 0 Å². The third-order valence-corrected chi connectivity index (χ3v) is 6.73. The Morgan fingerprint density at radius 1 is 1.00 bits per heavy atom. The summed E-state index contributed by atoms with van der Waals surface area (Å²) in [4.78, 5) is 36.1. The molecule has 2 amide bonds. The summed E-state index contributed by atoms with van der Waals surface area (Å²) in [7, 11) is -3.54. The minimum Gasteiger partial charge on any atom is -0.451 e. The van der Waals surface area contributed by atoms with Gasteiger partial charge in [0, 0.05) is 25.7 Å². The molecule has 9 nitrogen and oxygen atoms in total. The molecule has 0 aliphatic carbocycles. The Morgan fingerprint density at radius 2 is 1.64 bits per heavy atom. The lowest BCUT2D eigenvalue weighted by Crippen LogP contribution is -2.29. The summed E-state index contributed by atoms with van der Waals surface area (Å²) >= 11 is 0. The molecule has 33 heavy (non-hydrogen) atoms. The van der Waals surface area contributed by atoms with Gasteiger partial charge in [-0.1, -0.05) is 30.3 Å². The van der Waals surface area contributed by atoms with Crippen LogP contribution in [0.15, 0.2) is 65.2 Å². The van der Waals surface area contributed by atoms with Gasteiger partial charge in [0.25, 0.3) is 5.91 Å². The number of hydrogen-bond acceptors (Lipinski definition) is 6. The number of hydrogen-bond donors (Lipinski definition) is 2. The molecule has 3 rings (SSSR count). The van der Waals surface area contributed by atoms with Crippen LogP contribution < -0.4 is 10.6 Å². The summed E-state index contributed by atoms with van der Waals surface area (Å²) in [5.74, 6) is -1.93. The minimum atomic E-state index is -3.54. The predicted molar refractivity (Wildman–Crippen MR) is 122 cm³/mol. The molecule has 0 radical (unpaired) electrons. The average Bonchev–Trinajstić information content (AvgIpc) is 3.34. The van der Waals surface area contributed by atoms with E-state index in [-0.39, 0.29) is 10.6 Å². The molecular weight excluding hydrogens is 446 g/mol. The van der Waals surface area contributed by atoms with Crippen molar-refractivity contribution in [1.82, 2.24) is 9.62 Å². The number of rotatable bonds is 8. The molecule has 1 aliphatic rings. The number of esters is 1. The first-order chi connectivity index (χ1) is 15.8. The van der Waals surface area contributed by atoms with E-state index in [1.54, 1.807) is 24.3 Å². The van der Waals surface area contributed by atoms with Gasteiger partial charge in [0.2, 0.25) is 15.9 Å². The van der Waals surface area contributed by atoms with Crippen molar-refractivity contribution in [3.63, 3.8) is 0 Å². The van der Waals surface area contributed by atoms with Crippen molar-refractivity contribution >= 4 is 39.6 Å². The van der Waals surface area contributed by atoms with Crippen LogP contribution >= 0.6 is 0 Å². The van der Waals surface area contributed by atoms with Gasteiger partial charge in [0.05, 0.1) is 4.90 Å². The van der Waals surface area contributed by atoms with E-state index in [0.29, 0.717) is 24.3 Å². The Hall–Kier alpha value is -3.50. The van der Waals surface area contributed by atoms with Gasteiger partial charge in [-0.2, -0.15) is 4.31 Å². The average molecular weight is 472 g/mol. The number of nitrogens with zero attached hydrogens (tertiary/aromatic N) is 1. The minimum absolute atomic E-state index is 0.0991. The molecule has 0 atom stereocenters. The third-order valence-electron chi connectivity index (χ3n) is 4.82. The molecule has 0 spiro atoms. The highest BCUT2D eigenvalue weighted by Gasteiger charge is 2.27. The van der Waals surface area contributed by atoms with Crippen molar-refractivity contribution in [1.29, 1.82) is 0 Å². The van der Waals surface area contributed by atoms with Crippen molar-refractivity contribution in [2.75, 3.05) is 25.0 Å². The molecule has 0 saturated carbocycles. The van der Waals surface area contributed by atoms with E-state index in [4.69, 9.17) is 4.74 Å². The Labute approximate surface area is 192 Å². The van der Waals surface area contributed by atoms with Crippen molar-refractivity contribution in [3.05, 3.63) is 65.9 Å². The van der Waals surface area contributed by atoms with Crippen LogP contribution in [0.1, 0.15) is 25.3 Å². The Bertz CT molecular complexity index is 1140. The SMILES string of the molecule is CC(=O)NC(=Cc1ccccc1)C(=O)OCC(=O)Nc1ccc(S(=O)(=O)N2CCCC2)cc1. The fourth-order valence-corrected chi connectivity index (χ4v) is 4.76. The quantitative estimate of drug-likeness (QED) is 0.449. The molecule has 2 aromatic rings. The summed E-state index contributed by atoms with van der Waals surface area (Å²) in [5, 5.41) is 4.94. The molecule has 1 heterocycles. The topological polar surface area (TPSA) is 122 Å². The number of nitrogens with one attached hydrogen (secondary N) is 2. The molecular formula is C23H25N3O6S. The molecule has 0 aromatic heterocycles. The van der Waals surface area contributed by atoms with Gasteiger partial charge in [0.15, 0.2) is 6.61 Å². The first kappa shape index (κ1) is 24.1. The highest BCUT2D eigenvalue weighted by atomic mass is 32.2. The van der Waals surface area contributed by atoms with Crippen molar-refractivity contribution < 1.29 is 27.5 Å². The van der Waals surface area contributed by atoms with Gasteiger partial charge in [-0.3, -0.25) is 9.59 Å². The molecule has 1 fully saturated rings. The highest BCUT2D eigenvalue weighted by Crippen LogP contribution is 2.22. The van der Waals surface area contributed by atoms with Crippen LogP contribution in [0.2, 0.25) is 0 Å². The molecule has 0 bridgehead atoms. The predicted octanol–water partition coefficient (Wildman–Crippen LogP) is 2.13. The molecule has 2 N–H and O–H groups in total. The Morgan fingerprint density at radius 3 is 2.24 bits per heavy atom. The van der Waals surface area contributed by atoms with E-state index < -0.39 is 34.4 Å². The lowest BCUT2D eigenvalue weighted by Gasteiger charge is -2.15. The maximum Gasteiger partial charge on any atom is 0.355 e. The standard InChI is InChI=1S/C23H25N3O6S/c1-17(27)24-21(15-18-7-3-2-4-8-18)23(29)32-16-22(28)25-19-9-11-20(12-10-19)33(30,31)26-13-5-6-14-26/h2-4,7-12,15H,5-6,13-14,16H2,1H3,(H,24,27)(H,25,28). The number of anilines is 1. The smallest absolute Gasteiger partial charge is 0.355 e. The summed E-state index contributed by atoms with van der Waals surface area (Å²) < 4.78 is 31.6. The zero-order chi connectivity index (χ0) is 23.8. The van der Waals surface area contributed by atoms with E-state index in [9.17, 15) is 22.8 Å². The first-order valence-corrected chi connectivity index (χ1v) is 11.8. The Balaban J connectivity index is 1.58. The van der Waals surface area contributed by atoms with E-state index in [0.717, 1.165) is 12.8 Å². The fourth-order valence-electron chi connectivity index (χ4n) is 3.25. The lowest BCUT2D eigenvalue weighted by molar-refractivity contribution is -0.144. The van der Waals surface area contributed by atoms with Crippen molar-refractivity contribution in [2.24, 2.45) is 0 Å². The van der Waals surface area contributed by atoms with Gasteiger partial charge in [-0.15, -0.1) is 0 Å². The zero-order valence-corrected chi connectivity index (χ0v) is 18.9. The van der Waals surface area contributed by atoms with Crippen LogP contribution in [0.4, 0.5) is 5.69 Å². The molecule has 2 aromatic carbocycles. The van der Waals surface area contributed by atoms with E-state index in [1.807, 2.05) is 6.07 Å². The van der Waals surface area contributed by atoms with Gasteiger partial charge in [0.1, 0.15) is 5.70 Å². The van der Waals surface area contributed by atoms with Crippen molar-refractivity contribution in [3.8, 4) is 0 Å². The summed E-state index contributed by atoms with van der Waals surface area (Å²) in [6.45, 7) is 1.68. The molecule has 174 valence electrons. The Kier molecular flexibility index (Phi) is 7.96. The number of amides is 2. The van der Waals surface area contributed by atoms with E-state index >= 15 is 0 Å². The zero-order valence-electron chi connectivity index (χ0n) is 18.1. The monoisotopic (exact) mass is 471 g/mol. The number of sulfonamides is 1. The fraction of sp³-hybridized carbons (Fsp3) is 0.261. The number of benzene rings is 2. The second-order valence-corrected chi connectivity index (χ2v) is 9.35. The van der Waals surface area contributed by atoms with Gasteiger partial charge in [-0.05, 0) is 48.7 Å². The summed E-state index contributed by atoms with van der Waals surface area (Å²) in [6.07, 6.45) is 3.13. The third kappa shape index (κ3) is 6.74. The first-order valence-electron chi connectivity index (χ1n) is 10.4. The maximum atomic E-state index is 12.6. The van der Waals surface area contributed by atoms with E-state index in [2.05, 4.69) is 10.6 Å². The van der Waals surface area contributed by atoms with Crippen LogP contribution in [0.3, 0.4) is 0 Å². The molecule has 0 unspecified atom stereocenters. The largest absolute Gasteiger partial charge is 0.451 e. The van der Waals surface area contributed by atoms with Crippen LogP contribution in [-0.2, 0) is 29.1 Å². The normalized spacial score (nSPS) is 14.5. The van der Waals surface area contributed by atoms with Crippen LogP contribution in [0.25, 0.3) is 6.08 Å². The highest BCUT2D eigenvalue weighted by molar-refractivity contribution is 7.89. The summed E-state index contributed by atoms with van der Waals surface area (Å²) in [5.41, 5.74) is 0.933. The molecule has 1 saturated heterocycles. The van der Waals surface area contributed by atoms with Crippen LogP contribution in [-0.4, -0.2) is 50.2 Å².